The Morgan fingerprint density at radius 3 is 2.35 bits per heavy atom. The normalized spacial score (nSPS) is 20.6. The molecule has 2 unspecified atom stereocenters. The average molecular weight is 496 g/mol. The van der Waals surface area contributed by atoms with Gasteiger partial charge in [-0.15, -0.1) is 0 Å². The monoisotopic (exact) mass is 494 g/mol. The topological polar surface area (TPSA) is 35.5 Å². The summed E-state index contributed by atoms with van der Waals surface area (Å²) in [4.78, 5) is 13.4. The molecule has 0 saturated carbocycles. The van der Waals surface area contributed by atoms with E-state index < -0.39 is 12.0 Å². The lowest BCUT2D eigenvalue weighted by Gasteiger charge is -2.19. The van der Waals surface area contributed by atoms with Gasteiger partial charge >= 0.3 is 0 Å². The summed E-state index contributed by atoms with van der Waals surface area (Å²) in [5.41, 5.74) is 1.26. The molecule has 4 rings (SSSR count). The Labute approximate surface area is 200 Å². The van der Waals surface area contributed by atoms with Crippen molar-refractivity contribution in [3.8, 4) is 5.75 Å². The molecule has 1 saturated heterocycles. The minimum Gasteiger partial charge on any atom is -0.491 e. The number of carbonyl (C=O) groups excluding carboxylic acids is 1. The third-order valence-electron chi connectivity index (χ3n) is 5.22. The highest BCUT2D eigenvalue weighted by Crippen LogP contribution is 2.42. The Morgan fingerprint density at radius 1 is 0.903 bits per heavy atom. The first-order chi connectivity index (χ1) is 14.9. The number of Topliss-reactive ketones (excluding diaryl/α,β-unsaturated/α-hetero) is 1. The zero-order chi connectivity index (χ0) is 22.0. The van der Waals surface area contributed by atoms with Gasteiger partial charge in [0, 0.05) is 10.6 Å². The van der Waals surface area contributed by atoms with Crippen LogP contribution in [-0.2, 0) is 4.74 Å². The Morgan fingerprint density at radius 2 is 1.65 bits per heavy atom. The van der Waals surface area contributed by atoms with Crippen LogP contribution in [0.3, 0.4) is 0 Å². The Kier molecular flexibility index (Phi) is 7.10. The van der Waals surface area contributed by atoms with Crippen molar-refractivity contribution in [3.05, 3.63) is 97.9 Å². The highest BCUT2D eigenvalue weighted by molar-refractivity contribution is 6.42. The van der Waals surface area contributed by atoms with Crippen molar-refractivity contribution in [2.75, 3.05) is 6.61 Å². The van der Waals surface area contributed by atoms with Crippen LogP contribution < -0.4 is 4.74 Å². The van der Waals surface area contributed by atoms with Crippen molar-refractivity contribution >= 4 is 52.2 Å². The fourth-order valence-electron chi connectivity index (χ4n) is 3.70. The molecule has 0 aromatic heterocycles. The minimum absolute atomic E-state index is 0.0735. The fourth-order valence-corrected chi connectivity index (χ4v) is 4.36. The SMILES string of the molecule is O=C(c1ccccc1Cl)C1C[C@@H](COc2ccc(Cl)cc2)OC1c1ccc(Cl)c(Cl)c1. The van der Waals surface area contributed by atoms with Crippen molar-refractivity contribution in [2.45, 2.75) is 18.6 Å². The van der Waals surface area contributed by atoms with E-state index >= 15 is 0 Å². The first kappa shape index (κ1) is 22.4. The Hall–Kier alpha value is -1.75. The van der Waals surface area contributed by atoms with Gasteiger partial charge in [0.15, 0.2) is 5.78 Å². The lowest BCUT2D eigenvalue weighted by atomic mass is 9.87. The average Bonchev–Trinajstić information content (AvgIpc) is 3.19. The second kappa shape index (κ2) is 9.81. The van der Waals surface area contributed by atoms with E-state index in [9.17, 15) is 4.79 Å². The summed E-state index contributed by atoms with van der Waals surface area (Å²) in [5, 5.41) is 1.91. The summed E-state index contributed by atoms with van der Waals surface area (Å²) in [6.07, 6.45) is -0.285. The number of hydrogen-bond donors (Lipinski definition) is 0. The number of benzene rings is 3. The van der Waals surface area contributed by atoms with Crippen LogP contribution in [0, 0.1) is 5.92 Å². The Bertz CT molecular complexity index is 1080. The predicted octanol–water partition coefficient (Wildman–Crippen LogP) is 7.71. The molecule has 0 bridgehead atoms. The van der Waals surface area contributed by atoms with Crippen LogP contribution >= 0.6 is 46.4 Å². The molecule has 0 amide bonds. The quantitative estimate of drug-likeness (QED) is 0.328. The van der Waals surface area contributed by atoms with Crippen molar-refractivity contribution in [1.29, 1.82) is 0 Å². The number of rotatable bonds is 6. The predicted molar refractivity (Wildman–Crippen MR) is 125 cm³/mol. The lowest BCUT2D eigenvalue weighted by Crippen LogP contribution is -2.19. The van der Waals surface area contributed by atoms with Crippen molar-refractivity contribution in [1.82, 2.24) is 0 Å². The summed E-state index contributed by atoms with van der Waals surface area (Å²) >= 11 is 24.5. The van der Waals surface area contributed by atoms with Gasteiger partial charge in [0.25, 0.3) is 0 Å². The van der Waals surface area contributed by atoms with E-state index in [-0.39, 0.29) is 11.9 Å². The van der Waals surface area contributed by atoms with E-state index in [1.165, 1.54) is 0 Å². The van der Waals surface area contributed by atoms with E-state index in [1.807, 2.05) is 6.07 Å². The van der Waals surface area contributed by atoms with E-state index in [0.29, 0.717) is 44.4 Å². The van der Waals surface area contributed by atoms with Gasteiger partial charge in [0.1, 0.15) is 12.4 Å². The molecule has 3 aromatic carbocycles. The first-order valence-corrected chi connectivity index (χ1v) is 11.2. The van der Waals surface area contributed by atoms with Gasteiger partial charge in [-0.1, -0.05) is 64.6 Å². The molecule has 0 radical (unpaired) electrons. The van der Waals surface area contributed by atoms with Gasteiger partial charge in [0.05, 0.1) is 33.2 Å². The molecule has 0 aliphatic carbocycles. The number of ether oxygens (including phenoxy) is 2. The molecular formula is C24H18Cl4O3. The van der Waals surface area contributed by atoms with Crippen molar-refractivity contribution in [2.24, 2.45) is 5.92 Å². The van der Waals surface area contributed by atoms with Gasteiger partial charge < -0.3 is 9.47 Å². The molecule has 1 aliphatic heterocycles. The molecule has 1 fully saturated rings. The number of hydrogen-bond acceptors (Lipinski definition) is 3. The van der Waals surface area contributed by atoms with Crippen LogP contribution in [-0.4, -0.2) is 18.5 Å². The number of halogens is 4. The molecule has 3 atom stereocenters. The molecule has 160 valence electrons. The van der Waals surface area contributed by atoms with Crippen molar-refractivity contribution in [3.63, 3.8) is 0 Å². The number of ketones is 1. The molecule has 3 aromatic rings. The van der Waals surface area contributed by atoms with E-state index in [1.54, 1.807) is 60.7 Å². The maximum Gasteiger partial charge on any atom is 0.170 e. The van der Waals surface area contributed by atoms with Crippen LogP contribution in [0.15, 0.2) is 66.7 Å². The first-order valence-electron chi connectivity index (χ1n) is 9.70. The molecule has 3 nitrogen and oxygen atoms in total. The molecule has 7 heteroatoms. The van der Waals surface area contributed by atoms with E-state index in [0.717, 1.165) is 5.56 Å². The second-order valence-corrected chi connectivity index (χ2v) is 8.96. The summed E-state index contributed by atoms with van der Waals surface area (Å²) in [6.45, 7) is 0.297. The Balaban J connectivity index is 1.58. The van der Waals surface area contributed by atoms with Gasteiger partial charge in [-0.3, -0.25) is 4.79 Å². The fraction of sp³-hybridized carbons (Fsp3) is 0.208. The summed E-state index contributed by atoms with van der Waals surface area (Å²) in [7, 11) is 0. The van der Waals surface area contributed by atoms with Crippen LogP contribution in [0.4, 0.5) is 0 Å². The smallest absolute Gasteiger partial charge is 0.170 e. The molecule has 0 N–H and O–H groups in total. The van der Waals surface area contributed by atoms with Crippen LogP contribution in [0.25, 0.3) is 0 Å². The summed E-state index contributed by atoms with van der Waals surface area (Å²) < 4.78 is 12.1. The summed E-state index contributed by atoms with van der Waals surface area (Å²) in [5.74, 6) is 0.173. The second-order valence-electron chi connectivity index (χ2n) is 7.30. The lowest BCUT2D eigenvalue weighted by molar-refractivity contribution is 0.0104. The third kappa shape index (κ3) is 5.19. The van der Waals surface area contributed by atoms with Crippen LogP contribution in [0.5, 0.6) is 5.75 Å². The van der Waals surface area contributed by atoms with Gasteiger partial charge in [-0.25, -0.2) is 0 Å². The van der Waals surface area contributed by atoms with Crippen LogP contribution in [0.1, 0.15) is 28.4 Å². The maximum absolute atomic E-state index is 13.4. The van der Waals surface area contributed by atoms with E-state index in [2.05, 4.69) is 0 Å². The largest absolute Gasteiger partial charge is 0.491 e. The van der Waals surface area contributed by atoms with Crippen LogP contribution in [0.2, 0.25) is 20.1 Å². The molecule has 1 heterocycles. The molecule has 31 heavy (non-hydrogen) atoms. The van der Waals surface area contributed by atoms with Crippen molar-refractivity contribution < 1.29 is 14.3 Å². The highest BCUT2D eigenvalue weighted by Gasteiger charge is 2.41. The van der Waals surface area contributed by atoms with Gasteiger partial charge in [-0.2, -0.15) is 0 Å². The molecular weight excluding hydrogens is 478 g/mol. The van der Waals surface area contributed by atoms with E-state index in [4.69, 9.17) is 55.9 Å². The minimum atomic E-state index is -0.489. The summed E-state index contributed by atoms with van der Waals surface area (Å²) in [6, 6.07) is 19.4. The third-order valence-corrected chi connectivity index (χ3v) is 6.54. The number of carbonyl (C=O) groups is 1. The van der Waals surface area contributed by atoms with Gasteiger partial charge in [-0.05, 0) is 60.5 Å². The maximum atomic E-state index is 13.4. The highest BCUT2D eigenvalue weighted by atomic mass is 35.5. The zero-order valence-corrected chi connectivity index (χ0v) is 19.3. The zero-order valence-electron chi connectivity index (χ0n) is 16.2. The standard InChI is InChI=1S/C24H18Cl4O3/c25-15-6-8-16(9-7-15)30-13-17-12-19(23(29)18-3-1-2-4-20(18)26)24(31-17)14-5-10-21(27)22(28)11-14/h1-11,17,19,24H,12-13H2/t17-,19?,24?/m0/s1. The molecule has 0 spiro atoms. The van der Waals surface area contributed by atoms with Gasteiger partial charge in [0.2, 0.25) is 0 Å². The molecule has 1 aliphatic rings.